The fourth-order valence-corrected chi connectivity index (χ4v) is 16.1. The smallest absolute Gasteiger partial charge is 0.340 e. The van der Waals surface area contributed by atoms with Crippen LogP contribution in [0.2, 0.25) is 0 Å². The molecular formula is C43H63N3O5S2+2. The van der Waals surface area contributed by atoms with Gasteiger partial charge in [-0.05, 0) is 128 Å². The fraction of sp³-hybridized carbons (Fsp3) is 0.767. The zero-order valence-corrected chi connectivity index (χ0v) is 33.9. The predicted molar refractivity (Wildman–Crippen MR) is 208 cm³/mol. The molecule has 7 bridgehead atoms. The number of aliphatic hydroxyl groups excluding tert-OH is 1. The van der Waals surface area contributed by atoms with E-state index in [0.29, 0.717) is 30.5 Å². The summed E-state index contributed by atoms with van der Waals surface area (Å²) in [5.74, 6) is 3.65. The van der Waals surface area contributed by atoms with Crippen LogP contribution in [0.5, 0.6) is 0 Å². The number of rotatable bonds is 5. The molecule has 6 aliphatic carbocycles. The van der Waals surface area contributed by atoms with E-state index in [4.69, 9.17) is 9.47 Å². The van der Waals surface area contributed by atoms with Crippen LogP contribution in [-0.2, 0) is 19.1 Å². The van der Waals surface area contributed by atoms with Crippen molar-refractivity contribution in [2.45, 2.75) is 141 Å². The van der Waals surface area contributed by atoms with Gasteiger partial charge in [-0.25, -0.2) is 9.59 Å². The molecule has 10 rings (SSSR count). The summed E-state index contributed by atoms with van der Waals surface area (Å²) < 4.78 is 13.0. The van der Waals surface area contributed by atoms with Gasteiger partial charge < -0.3 is 25.2 Å². The summed E-state index contributed by atoms with van der Waals surface area (Å²) >= 11 is 0. The number of hydrogen-bond donors (Lipinski definition) is 4. The van der Waals surface area contributed by atoms with E-state index in [1.807, 2.05) is 28.5 Å². The van der Waals surface area contributed by atoms with E-state index in [2.05, 4.69) is 41.9 Å². The summed E-state index contributed by atoms with van der Waals surface area (Å²) in [7, 11) is 3.80. The molecule has 2 saturated heterocycles. The number of aliphatic hydroxyl groups is 1. The maximum atomic E-state index is 14.8. The van der Waals surface area contributed by atoms with E-state index in [1.165, 1.54) is 63.4 Å². The van der Waals surface area contributed by atoms with Crippen LogP contribution in [0.25, 0.3) is 0 Å². The minimum absolute atomic E-state index is 0.0263. The molecule has 9 unspecified atom stereocenters. The van der Waals surface area contributed by atoms with Gasteiger partial charge in [0.25, 0.3) is 0 Å². The van der Waals surface area contributed by atoms with Gasteiger partial charge >= 0.3 is 11.9 Å². The number of fused-ring (bicyclic) bond motifs is 4. The second-order valence-electron chi connectivity index (χ2n) is 18.5. The molecule has 0 amide bonds. The van der Waals surface area contributed by atoms with Gasteiger partial charge in [0.2, 0.25) is 0 Å². The van der Waals surface area contributed by atoms with Crippen LogP contribution in [0.15, 0.2) is 46.0 Å². The average molecular weight is 766 g/mol. The number of carbonyl (C=O) groups excluding carboxylic acids is 2. The second kappa shape index (κ2) is 14.4. The van der Waals surface area contributed by atoms with Crippen LogP contribution in [0, 0.1) is 45.8 Å². The molecule has 290 valence electrons. The number of ether oxygens (including phenoxy) is 2. The normalized spacial score (nSPS) is 40.3. The lowest BCUT2D eigenvalue weighted by Gasteiger charge is -2.60. The van der Waals surface area contributed by atoms with Crippen molar-refractivity contribution >= 4 is 33.5 Å². The zero-order valence-electron chi connectivity index (χ0n) is 32.3. The first kappa shape index (κ1) is 37.0. The first-order chi connectivity index (χ1) is 25.7. The number of hydrogen-bond acceptors (Lipinski definition) is 8. The van der Waals surface area contributed by atoms with Gasteiger partial charge in [-0.3, -0.25) is 5.32 Å². The van der Waals surface area contributed by atoms with Crippen LogP contribution in [0.1, 0.15) is 124 Å². The van der Waals surface area contributed by atoms with E-state index >= 15 is 0 Å². The molecule has 0 radical (unpaired) electrons. The molecule has 53 heavy (non-hydrogen) atoms. The lowest BCUT2D eigenvalue weighted by Crippen LogP contribution is -2.95. The van der Waals surface area contributed by atoms with E-state index in [-0.39, 0.29) is 46.1 Å². The van der Waals surface area contributed by atoms with E-state index in [0.717, 1.165) is 85.6 Å². The Kier molecular flexibility index (Phi) is 10.1. The van der Waals surface area contributed by atoms with Crippen LogP contribution < -0.4 is 16.0 Å². The van der Waals surface area contributed by atoms with Crippen molar-refractivity contribution in [2.24, 2.45) is 45.8 Å². The van der Waals surface area contributed by atoms with Crippen molar-refractivity contribution in [3.63, 3.8) is 0 Å². The number of nitrogens with one attached hydrogen (secondary N) is 1. The number of esters is 2. The van der Waals surface area contributed by atoms with Crippen molar-refractivity contribution < 1.29 is 34.8 Å². The van der Waals surface area contributed by atoms with E-state index in [1.54, 1.807) is 0 Å². The highest BCUT2D eigenvalue weighted by atomic mass is 33.1. The van der Waals surface area contributed by atoms with E-state index < -0.39 is 5.41 Å². The predicted octanol–water partition coefficient (Wildman–Crippen LogP) is 5.97. The lowest BCUT2D eigenvalue weighted by molar-refractivity contribution is -0.705. The fourth-order valence-electron chi connectivity index (χ4n) is 13.4. The SMILES string of the molecule is CCC1(C=C2OC(=O)C3=C2CCC2C4CCC5(C6=CCC(C)C([NH2+]CC(C)O)SSCNC7CC(CC[NH2+]7)C7(CCCC7)C4=C5C(=O)O6)C32)CCCC1. The number of piperidine rings is 1. The minimum Gasteiger partial charge on any atom is -0.427 e. The summed E-state index contributed by atoms with van der Waals surface area (Å²) in [6, 6.07) is 0. The van der Waals surface area contributed by atoms with Crippen molar-refractivity contribution in [3.05, 3.63) is 46.0 Å². The summed E-state index contributed by atoms with van der Waals surface area (Å²) in [4.78, 5) is 29.3. The molecule has 8 nitrogen and oxygen atoms in total. The maximum absolute atomic E-state index is 14.8. The van der Waals surface area contributed by atoms with Crippen molar-refractivity contribution in [3.8, 4) is 0 Å². The minimum atomic E-state index is -0.608. The first-order valence-electron chi connectivity index (χ1n) is 21.4. The van der Waals surface area contributed by atoms with Crippen LogP contribution in [0.3, 0.4) is 0 Å². The molecule has 10 aliphatic rings. The highest BCUT2D eigenvalue weighted by molar-refractivity contribution is 8.76. The van der Waals surface area contributed by atoms with Gasteiger partial charge in [-0.1, -0.05) is 50.3 Å². The molecule has 4 aliphatic heterocycles. The molecule has 6 N–H and O–H groups in total. The Labute approximate surface area is 324 Å². The zero-order chi connectivity index (χ0) is 36.5. The molecule has 5 fully saturated rings. The van der Waals surface area contributed by atoms with Gasteiger partial charge in [-0.2, -0.15) is 0 Å². The number of carbonyl (C=O) groups is 2. The lowest BCUT2D eigenvalue weighted by atomic mass is 9.41. The second-order valence-corrected chi connectivity index (χ2v) is 21.1. The summed E-state index contributed by atoms with van der Waals surface area (Å²) in [6.07, 6.45) is 22.3. The van der Waals surface area contributed by atoms with Gasteiger partial charge in [0.1, 0.15) is 29.6 Å². The van der Waals surface area contributed by atoms with Crippen LogP contribution in [-0.4, -0.2) is 53.7 Å². The van der Waals surface area contributed by atoms with Crippen molar-refractivity contribution in [1.82, 2.24) is 5.32 Å². The number of allylic oxidation sites excluding steroid dienone is 5. The Balaban J connectivity index is 1.21. The quantitative estimate of drug-likeness (QED) is 0.200. The summed E-state index contributed by atoms with van der Waals surface area (Å²) in [5, 5.41) is 19.2. The van der Waals surface area contributed by atoms with Gasteiger partial charge in [-0.15, -0.1) is 0 Å². The van der Waals surface area contributed by atoms with Gasteiger partial charge in [0.15, 0.2) is 0 Å². The number of quaternary nitrogens is 2. The Hall–Kier alpha value is -1.56. The molecule has 0 aromatic carbocycles. The molecule has 2 spiro atoms. The van der Waals surface area contributed by atoms with Gasteiger partial charge in [0.05, 0.1) is 29.5 Å². The Morgan fingerprint density at radius 1 is 1.08 bits per heavy atom. The first-order valence-corrected chi connectivity index (χ1v) is 23.8. The highest BCUT2D eigenvalue weighted by Gasteiger charge is 2.70. The van der Waals surface area contributed by atoms with Crippen LogP contribution >= 0.6 is 21.6 Å². The third-order valence-corrected chi connectivity index (χ3v) is 18.7. The number of nitrogens with two attached hydrogens (primary N) is 2. The summed E-state index contributed by atoms with van der Waals surface area (Å²) in [6.45, 7) is 8.21. The Bertz CT molecular complexity index is 1620. The third kappa shape index (κ3) is 6.00. The van der Waals surface area contributed by atoms with Crippen molar-refractivity contribution in [2.75, 3.05) is 19.0 Å². The highest BCUT2D eigenvalue weighted by Crippen LogP contribution is 2.74. The maximum Gasteiger partial charge on any atom is 0.340 e. The molecule has 0 aromatic rings. The standard InChI is InChI=1S/C43H61N3O5S2/c1-4-41(15-5-6-16-41)22-31-30-11-10-28-29-13-19-43(35(28)34(30)39(48)50-31)32-12-9-25(2)38(45-23-26(3)47)53-52-24-46-33-21-27(14-20-44-33)42(17-7-8-18-42)36(29)37(43)40(49)51-32/h12,22,25-29,33,35,38,44-47H,4-11,13-21,23-24H2,1-3H3/p+2. The molecular weight excluding hydrogens is 703 g/mol. The van der Waals surface area contributed by atoms with Gasteiger partial charge in [0, 0.05) is 35.8 Å². The number of cyclic esters (lactones) is 1. The van der Waals surface area contributed by atoms with E-state index in [9.17, 15) is 14.7 Å². The molecule has 0 aromatic heterocycles. The van der Waals surface area contributed by atoms with Crippen molar-refractivity contribution in [1.29, 1.82) is 0 Å². The molecule has 10 heteroatoms. The Morgan fingerprint density at radius 3 is 2.64 bits per heavy atom. The largest absolute Gasteiger partial charge is 0.427 e. The monoisotopic (exact) mass is 765 g/mol. The molecule has 9 atom stereocenters. The van der Waals surface area contributed by atoms with Crippen LogP contribution in [0.4, 0.5) is 0 Å². The Morgan fingerprint density at radius 2 is 1.87 bits per heavy atom. The average Bonchev–Trinajstić information content (AvgIpc) is 3.96. The molecule has 4 heterocycles. The topological polar surface area (TPSA) is 118 Å². The third-order valence-electron chi connectivity index (χ3n) is 15.9. The molecule has 3 saturated carbocycles. The summed E-state index contributed by atoms with van der Waals surface area (Å²) in [5.41, 5.74) is 4.02.